The molecule has 1 N–H and O–H groups in total. The highest BCUT2D eigenvalue weighted by atomic mass is 16.7. The molecule has 13 nitrogen and oxygen atoms in total. The Bertz CT molecular complexity index is 1120. The van der Waals surface area contributed by atoms with Crippen LogP contribution in [0.25, 0.3) is 11.4 Å². The predicted molar refractivity (Wildman–Crippen MR) is 119 cm³/mol. The number of nitrogens with one attached hydrogen (secondary N) is 1. The smallest absolute Gasteiger partial charge is 0.303 e. The number of aromatic amines is 1. The number of aryl methyl sites for hydroxylation is 1. The lowest BCUT2D eigenvalue weighted by molar-refractivity contribution is -0.288. The Morgan fingerprint density at radius 3 is 2.08 bits per heavy atom. The van der Waals surface area contributed by atoms with Gasteiger partial charge >= 0.3 is 23.9 Å². The van der Waals surface area contributed by atoms with Crippen LogP contribution in [0.4, 0.5) is 0 Å². The summed E-state index contributed by atoms with van der Waals surface area (Å²) in [6, 6.07) is 6.78. The summed E-state index contributed by atoms with van der Waals surface area (Å²) in [5.74, 6) is -1.63. The third-order valence-electron chi connectivity index (χ3n) is 4.92. The van der Waals surface area contributed by atoms with E-state index in [0.29, 0.717) is 17.2 Å². The Labute approximate surface area is 206 Å². The molecule has 1 aromatic carbocycles. The van der Waals surface area contributed by atoms with Gasteiger partial charge in [0.2, 0.25) is 12.4 Å². The van der Waals surface area contributed by atoms with E-state index in [1.54, 1.807) is 31.2 Å². The van der Waals surface area contributed by atoms with Crippen LogP contribution in [-0.2, 0) is 42.9 Å². The van der Waals surface area contributed by atoms with Crippen LogP contribution in [0.1, 0.15) is 33.5 Å². The van der Waals surface area contributed by atoms with Crippen LogP contribution in [0.3, 0.4) is 0 Å². The second-order valence-corrected chi connectivity index (χ2v) is 7.93. The molecule has 13 heteroatoms. The van der Waals surface area contributed by atoms with E-state index in [9.17, 15) is 19.2 Å². The molecule has 1 aliphatic heterocycles. The Balaban J connectivity index is 2.03. The van der Waals surface area contributed by atoms with Crippen LogP contribution in [0.2, 0.25) is 0 Å². The molecule has 5 atom stereocenters. The molecule has 0 spiro atoms. The third kappa shape index (κ3) is 6.78. The van der Waals surface area contributed by atoms with Crippen molar-refractivity contribution in [3.63, 3.8) is 0 Å². The lowest BCUT2D eigenvalue weighted by Crippen LogP contribution is -2.63. The number of benzene rings is 1. The molecule has 2 aromatic rings. The summed E-state index contributed by atoms with van der Waals surface area (Å²) in [6.07, 6.45) is -6.47. The SMILES string of the molecule is CC(=O)OC[C@H]1OC(Oc2ccccc2-c2n[nH]c(C)n2)[C@H](OC(C)=O)[C@@H](OC(C)=O)[C@@H]1OC(C)=O. The van der Waals surface area contributed by atoms with Crippen molar-refractivity contribution in [1.29, 1.82) is 0 Å². The first kappa shape index (κ1) is 26.6. The van der Waals surface area contributed by atoms with Gasteiger partial charge in [-0.2, -0.15) is 5.10 Å². The Hall–Kier alpha value is -4.00. The molecule has 0 radical (unpaired) electrons. The van der Waals surface area contributed by atoms with Crippen molar-refractivity contribution in [2.24, 2.45) is 0 Å². The van der Waals surface area contributed by atoms with Gasteiger partial charge in [-0.25, -0.2) is 4.98 Å². The average molecular weight is 505 g/mol. The highest BCUT2D eigenvalue weighted by Gasteiger charge is 2.53. The summed E-state index contributed by atoms with van der Waals surface area (Å²) in [5.41, 5.74) is 0.495. The second-order valence-electron chi connectivity index (χ2n) is 7.93. The number of para-hydroxylation sites is 1. The summed E-state index contributed by atoms with van der Waals surface area (Å²) >= 11 is 0. The zero-order valence-corrected chi connectivity index (χ0v) is 20.4. The molecule has 3 rings (SSSR count). The molecule has 1 aromatic heterocycles. The minimum atomic E-state index is -1.37. The van der Waals surface area contributed by atoms with Gasteiger partial charge in [0.25, 0.3) is 0 Å². The first-order valence-corrected chi connectivity index (χ1v) is 11.0. The monoisotopic (exact) mass is 505 g/mol. The minimum Gasteiger partial charge on any atom is -0.463 e. The highest BCUT2D eigenvalue weighted by molar-refractivity contribution is 5.69. The highest BCUT2D eigenvalue weighted by Crippen LogP contribution is 2.34. The fraction of sp³-hybridized carbons (Fsp3) is 0.478. The number of esters is 4. The van der Waals surface area contributed by atoms with E-state index >= 15 is 0 Å². The normalized spacial score (nSPS) is 23.3. The molecule has 0 saturated carbocycles. The first-order valence-electron chi connectivity index (χ1n) is 11.0. The zero-order chi connectivity index (χ0) is 26.4. The van der Waals surface area contributed by atoms with Gasteiger partial charge in [-0.3, -0.25) is 24.3 Å². The molecule has 1 fully saturated rings. The molecule has 1 unspecified atom stereocenters. The van der Waals surface area contributed by atoms with Gasteiger partial charge in [-0.05, 0) is 19.1 Å². The van der Waals surface area contributed by atoms with Crippen molar-refractivity contribution < 1.29 is 47.6 Å². The molecule has 1 saturated heterocycles. The first-order chi connectivity index (χ1) is 17.0. The number of carbonyl (C=O) groups is 4. The molecular formula is C23H27N3O10. The maximum Gasteiger partial charge on any atom is 0.303 e. The van der Waals surface area contributed by atoms with Gasteiger partial charge in [-0.15, -0.1) is 0 Å². The standard InChI is InChI=1S/C23H27N3O10/c1-11-24-22(26-25-11)16-8-6-7-9-17(16)35-23-21(34-15(5)30)20(33-14(4)29)19(32-13(3)28)18(36-23)10-31-12(2)27/h6-9,18-21,23H,10H2,1-5H3,(H,24,25,26)/t18-,19-,20+,21-,23?/m1/s1. The van der Waals surface area contributed by atoms with E-state index < -0.39 is 54.6 Å². The Kier molecular flexibility index (Phi) is 8.59. The number of carbonyl (C=O) groups excluding carboxylic acids is 4. The van der Waals surface area contributed by atoms with E-state index in [2.05, 4.69) is 15.2 Å². The number of rotatable bonds is 8. The summed E-state index contributed by atoms with van der Waals surface area (Å²) in [6.45, 7) is 6.00. The molecule has 0 aliphatic carbocycles. The van der Waals surface area contributed by atoms with Crippen LogP contribution in [-0.4, -0.2) is 76.4 Å². The van der Waals surface area contributed by atoms with Crippen LogP contribution in [0, 0.1) is 6.92 Å². The Morgan fingerprint density at radius 1 is 0.889 bits per heavy atom. The zero-order valence-electron chi connectivity index (χ0n) is 20.4. The molecule has 0 amide bonds. The quantitative estimate of drug-likeness (QED) is 0.403. The largest absolute Gasteiger partial charge is 0.463 e. The van der Waals surface area contributed by atoms with Crippen molar-refractivity contribution in [2.75, 3.05) is 6.61 Å². The van der Waals surface area contributed by atoms with E-state index in [4.69, 9.17) is 28.4 Å². The summed E-state index contributed by atoms with van der Waals surface area (Å²) in [7, 11) is 0. The topological polar surface area (TPSA) is 165 Å². The van der Waals surface area contributed by atoms with Gasteiger partial charge in [0, 0.05) is 27.7 Å². The van der Waals surface area contributed by atoms with Crippen LogP contribution in [0.5, 0.6) is 5.75 Å². The maximum atomic E-state index is 12.0. The van der Waals surface area contributed by atoms with Crippen molar-refractivity contribution in [3.05, 3.63) is 30.1 Å². The molecule has 2 heterocycles. The summed E-state index contributed by atoms with van der Waals surface area (Å²) in [5, 5.41) is 6.89. The van der Waals surface area contributed by atoms with Gasteiger partial charge in [0.15, 0.2) is 18.0 Å². The minimum absolute atomic E-state index is 0.261. The fourth-order valence-corrected chi connectivity index (χ4v) is 3.63. The fourth-order valence-electron chi connectivity index (χ4n) is 3.63. The average Bonchev–Trinajstić information content (AvgIpc) is 3.22. The number of hydrogen-bond acceptors (Lipinski definition) is 12. The van der Waals surface area contributed by atoms with Gasteiger partial charge in [-0.1, -0.05) is 12.1 Å². The van der Waals surface area contributed by atoms with Gasteiger partial charge in [0.1, 0.15) is 24.3 Å². The molecule has 194 valence electrons. The van der Waals surface area contributed by atoms with Crippen molar-refractivity contribution >= 4 is 23.9 Å². The summed E-state index contributed by atoms with van der Waals surface area (Å²) < 4.78 is 33.3. The molecule has 36 heavy (non-hydrogen) atoms. The number of aromatic nitrogens is 3. The van der Waals surface area contributed by atoms with Crippen molar-refractivity contribution in [2.45, 2.75) is 65.3 Å². The predicted octanol–water partition coefficient (Wildman–Crippen LogP) is 1.24. The molecular weight excluding hydrogens is 478 g/mol. The van der Waals surface area contributed by atoms with Gasteiger partial charge < -0.3 is 28.4 Å². The van der Waals surface area contributed by atoms with Crippen molar-refractivity contribution in [1.82, 2.24) is 15.2 Å². The van der Waals surface area contributed by atoms with Crippen LogP contribution >= 0.6 is 0 Å². The van der Waals surface area contributed by atoms with Crippen LogP contribution in [0.15, 0.2) is 24.3 Å². The number of nitrogens with zero attached hydrogens (tertiary/aromatic N) is 2. The molecule has 1 aliphatic rings. The van der Waals surface area contributed by atoms with E-state index in [1.807, 2.05) is 0 Å². The van der Waals surface area contributed by atoms with Crippen LogP contribution < -0.4 is 4.74 Å². The van der Waals surface area contributed by atoms with Crippen molar-refractivity contribution in [3.8, 4) is 17.1 Å². The third-order valence-corrected chi connectivity index (χ3v) is 4.92. The summed E-state index contributed by atoms with van der Waals surface area (Å²) in [4.78, 5) is 51.6. The second kappa shape index (κ2) is 11.6. The van der Waals surface area contributed by atoms with E-state index in [-0.39, 0.29) is 12.4 Å². The van der Waals surface area contributed by atoms with E-state index in [0.717, 1.165) is 20.8 Å². The maximum absolute atomic E-state index is 12.0. The lowest BCUT2D eigenvalue weighted by Gasteiger charge is -2.44. The Morgan fingerprint density at radius 2 is 1.50 bits per heavy atom. The number of ether oxygens (including phenoxy) is 6. The molecule has 0 bridgehead atoms. The van der Waals surface area contributed by atoms with Gasteiger partial charge in [0.05, 0.1) is 5.56 Å². The lowest BCUT2D eigenvalue weighted by atomic mass is 9.98. The van der Waals surface area contributed by atoms with E-state index in [1.165, 1.54) is 6.92 Å². The number of H-pyrrole nitrogens is 1. The number of hydrogen-bond donors (Lipinski definition) is 1.